The molecule has 8 heteroatoms. The number of phosphoric acid groups is 1. The lowest BCUT2D eigenvalue weighted by Crippen LogP contribution is -2.30. The van der Waals surface area contributed by atoms with Gasteiger partial charge in [0.1, 0.15) is 5.76 Å². The van der Waals surface area contributed by atoms with Crippen LogP contribution in [0.5, 0.6) is 0 Å². The Labute approximate surface area is 147 Å². The molecule has 0 radical (unpaired) electrons. The molecule has 1 fully saturated rings. The van der Waals surface area contributed by atoms with Crippen molar-refractivity contribution < 1.29 is 22.9 Å². The zero-order valence-corrected chi connectivity index (χ0v) is 16.0. The summed E-state index contributed by atoms with van der Waals surface area (Å²) in [5.74, 6) is 0.378. The van der Waals surface area contributed by atoms with E-state index in [1.165, 1.54) is 6.92 Å². The molecule has 0 unspecified atom stereocenters. The van der Waals surface area contributed by atoms with E-state index in [0.29, 0.717) is 5.76 Å². The summed E-state index contributed by atoms with van der Waals surface area (Å²) in [6.45, 7) is 5.27. The van der Waals surface area contributed by atoms with Gasteiger partial charge < -0.3 is 4.52 Å². The number of nitriles is 1. The minimum Gasteiger partial charge on any atom is -0.407 e. The summed E-state index contributed by atoms with van der Waals surface area (Å²) in [5, 5.41) is 8.98. The average Bonchev–Trinajstić information content (AvgIpc) is 2.97. The van der Waals surface area contributed by atoms with Crippen LogP contribution in [0.1, 0.15) is 46.5 Å². The average molecular weight is 373 g/mol. The van der Waals surface area contributed by atoms with Gasteiger partial charge >= 0.3 is 7.82 Å². The van der Waals surface area contributed by atoms with Gasteiger partial charge in [-0.1, -0.05) is 11.8 Å². The molecular formula is C16H24NO5PS. The molecular weight excluding hydrogens is 349 g/mol. The van der Waals surface area contributed by atoms with Crippen molar-refractivity contribution in [3.8, 4) is 6.07 Å². The Hall–Kier alpha value is -0.800. The fourth-order valence-corrected chi connectivity index (χ4v) is 5.73. The van der Waals surface area contributed by atoms with Crippen molar-refractivity contribution in [2.45, 2.75) is 51.7 Å². The second-order valence-corrected chi connectivity index (χ2v) is 8.77. The normalized spacial score (nSPS) is 26.8. The van der Waals surface area contributed by atoms with Gasteiger partial charge in [0.25, 0.3) is 0 Å². The first-order chi connectivity index (χ1) is 11.4. The monoisotopic (exact) mass is 373 g/mol. The molecule has 0 aromatic rings. The molecule has 1 saturated carbocycles. The van der Waals surface area contributed by atoms with E-state index in [0.717, 1.165) is 43.0 Å². The van der Waals surface area contributed by atoms with Gasteiger partial charge in [-0.25, -0.2) is 4.57 Å². The molecule has 0 bridgehead atoms. The highest BCUT2D eigenvalue weighted by atomic mass is 32.2. The molecule has 134 valence electrons. The van der Waals surface area contributed by atoms with Crippen LogP contribution in [0.2, 0.25) is 0 Å². The zero-order valence-electron chi connectivity index (χ0n) is 14.3. The van der Waals surface area contributed by atoms with Gasteiger partial charge in [-0.2, -0.15) is 5.26 Å². The summed E-state index contributed by atoms with van der Waals surface area (Å²) in [7, 11) is -3.75. The van der Waals surface area contributed by atoms with Gasteiger partial charge in [-0.05, 0) is 51.0 Å². The van der Waals surface area contributed by atoms with Gasteiger partial charge in [0.2, 0.25) is 0 Å². The smallest absolute Gasteiger partial charge is 0.407 e. The van der Waals surface area contributed by atoms with Crippen LogP contribution in [-0.2, 0) is 22.9 Å². The van der Waals surface area contributed by atoms with Gasteiger partial charge in [0, 0.05) is 6.92 Å². The molecule has 2 rings (SSSR count). The molecule has 0 saturated heterocycles. The Morgan fingerprint density at radius 2 is 2.04 bits per heavy atom. The predicted molar refractivity (Wildman–Crippen MR) is 92.1 cm³/mol. The van der Waals surface area contributed by atoms with Gasteiger partial charge in [-0.15, -0.1) is 0 Å². The van der Waals surface area contributed by atoms with E-state index in [1.54, 1.807) is 13.8 Å². The third-order valence-electron chi connectivity index (χ3n) is 4.21. The van der Waals surface area contributed by atoms with Crippen molar-refractivity contribution in [1.82, 2.24) is 0 Å². The molecule has 2 aliphatic rings. The standard InChI is InChI=1S/C16H24NO5PS/c1-4-20-23(19,21-5-2)22-15-14-8-6-7-12(14)9-13(10-17)16(15)24-11(3)18/h12-13,16H,4-9H2,1-3H3/t12-,13-,16+/m1/s1. The highest BCUT2D eigenvalue weighted by Crippen LogP contribution is 2.57. The third kappa shape index (κ3) is 4.43. The van der Waals surface area contributed by atoms with Crippen molar-refractivity contribution in [3.63, 3.8) is 0 Å². The summed E-state index contributed by atoms with van der Waals surface area (Å²) in [6.07, 6.45) is 3.56. The number of carbonyl (C=O) groups is 1. The van der Waals surface area contributed by atoms with E-state index in [2.05, 4.69) is 6.07 Å². The SMILES string of the molecule is CCOP(=O)(OCC)OC1=C2CCC[C@@H]2C[C@H](C#N)[C@@H]1SC(C)=O. The number of rotatable bonds is 7. The number of fused-ring (bicyclic) bond motifs is 1. The molecule has 0 heterocycles. The topological polar surface area (TPSA) is 85.6 Å². The summed E-state index contributed by atoms with van der Waals surface area (Å²) in [5.41, 5.74) is 1.07. The molecule has 0 aliphatic heterocycles. The minimum atomic E-state index is -3.75. The summed E-state index contributed by atoms with van der Waals surface area (Å²) in [4.78, 5) is 11.7. The predicted octanol–water partition coefficient (Wildman–Crippen LogP) is 4.43. The number of hydrogen-bond acceptors (Lipinski definition) is 7. The number of carbonyl (C=O) groups excluding carboxylic acids is 1. The highest BCUT2D eigenvalue weighted by molar-refractivity contribution is 8.14. The first kappa shape index (κ1) is 19.5. The zero-order chi connectivity index (χ0) is 17.7. The maximum atomic E-state index is 12.8. The van der Waals surface area contributed by atoms with Crippen LogP contribution >= 0.6 is 19.6 Å². The molecule has 0 N–H and O–H groups in total. The first-order valence-electron chi connectivity index (χ1n) is 8.32. The van der Waals surface area contributed by atoms with E-state index in [9.17, 15) is 14.6 Å². The second-order valence-electron chi connectivity index (χ2n) is 5.85. The van der Waals surface area contributed by atoms with E-state index >= 15 is 0 Å². The third-order valence-corrected chi connectivity index (χ3v) is 6.91. The van der Waals surface area contributed by atoms with E-state index in [1.807, 2.05) is 0 Å². The van der Waals surface area contributed by atoms with E-state index in [-0.39, 0.29) is 30.2 Å². The lowest BCUT2D eigenvalue weighted by atomic mass is 9.82. The molecule has 0 aromatic heterocycles. The van der Waals surface area contributed by atoms with E-state index in [4.69, 9.17) is 13.6 Å². The maximum Gasteiger partial charge on any atom is 0.529 e. The van der Waals surface area contributed by atoms with Crippen molar-refractivity contribution >= 4 is 24.7 Å². The minimum absolute atomic E-state index is 0.0963. The van der Waals surface area contributed by atoms with E-state index < -0.39 is 13.1 Å². The van der Waals surface area contributed by atoms with Crippen molar-refractivity contribution in [2.24, 2.45) is 11.8 Å². The number of hydrogen-bond donors (Lipinski definition) is 0. The number of allylic oxidation sites excluding steroid dienone is 1. The number of thioether (sulfide) groups is 1. The van der Waals surface area contributed by atoms with Crippen LogP contribution in [0.4, 0.5) is 0 Å². The Kier molecular flexibility index (Phi) is 6.94. The number of nitrogens with zero attached hydrogens (tertiary/aromatic N) is 1. The molecule has 2 aliphatic carbocycles. The highest BCUT2D eigenvalue weighted by Gasteiger charge is 2.44. The molecule has 3 atom stereocenters. The van der Waals surface area contributed by atoms with Crippen LogP contribution in [0.15, 0.2) is 11.3 Å². The fourth-order valence-electron chi connectivity index (χ4n) is 3.37. The quantitative estimate of drug-likeness (QED) is 0.610. The van der Waals surface area contributed by atoms with Crippen LogP contribution < -0.4 is 0 Å². The Balaban J connectivity index is 2.40. The number of phosphoric ester groups is 1. The summed E-state index contributed by atoms with van der Waals surface area (Å²) in [6, 6.07) is 2.29. The molecule has 6 nitrogen and oxygen atoms in total. The van der Waals surface area contributed by atoms with Crippen molar-refractivity contribution in [1.29, 1.82) is 5.26 Å². The lowest BCUT2D eigenvalue weighted by Gasteiger charge is -2.34. The Morgan fingerprint density at radius 3 is 2.58 bits per heavy atom. The fraction of sp³-hybridized carbons (Fsp3) is 0.750. The maximum absolute atomic E-state index is 12.8. The molecule has 0 amide bonds. The molecule has 0 aromatic carbocycles. The van der Waals surface area contributed by atoms with Crippen LogP contribution in [0.25, 0.3) is 0 Å². The van der Waals surface area contributed by atoms with Gasteiger partial charge in [-0.3, -0.25) is 13.8 Å². The second kappa shape index (κ2) is 8.53. The van der Waals surface area contributed by atoms with Gasteiger partial charge in [0.15, 0.2) is 5.12 Å². The van der Waals surface area contributed by atoms with Crippen LogP contribution in [0, 0.1) is 23.2 Å². The van der Waals surface area contributed by atoms with Crippen LogP contribution in [0.3, 0.4) is 0 Å². The van der Waals surface area contributed by atoms with Crippen molar-refractivity contribution in [3.05, 3.63) is 11.3 Å². The summed E-state index contributed by atoms with van der Waals surface area (Å²) >= 11 is 1.07. The van der Waals surface area contributed by atoms with Crippen molar-refractivity contribution in [2.75, 3.05) is 13.2 Å². The first-order valence-corrected chi connectivity index (χ1v) is 10.7. The molecule has 24 heavy (non-hydrogen) atoms. The largest absolute Gasteiger partial charge is 0.529 e. The molecule has 0 spiro atoms. The van der Waals surface area contributed by atoms with Gasteiger partial charge in [0.05, 0.1) is 30.5 Å². The Bertz CT molecular complexity index is 590. The summed E-state index contributed by atoms with van der Waals surface area (Å²) < 4.78 is 29.1. The lowest BCUT2D eigenvalue weighted by molar-refractivity contribution is -0.109. The Morgan fingerprint density at radius 1 is 1.38 bits per heavy atom. The van der Waals surface area contributed by atoms with Crippen LogP contribution in [-0.4, -0.2) is 23.6 Å².